The molecule has 0 unspecified atom stereocenters. The zero-order valence-corrected chi connectivity index (χ0v) is 12.7. The van der Waals surface area contributed by atoms with Crippen LogP contribution in [0.1, 0.15) is 0 Å². The van der Waals surface area contributed by atoms with Gasteiger partial charge in [0.15, 0.2) is 46.5 Å². The standard InChI is InChI=1S/C12HF10NS2/c13-1-3(15)7(19)11(8(20)4(1)16)24-23-25-12-9(21)5(17)2(14)6(18)10(12)22/h23H. The summed E-state index contributed by atoms with van der Waals surface area (Å²) in [6.45, 7) is 0. The molecule has 0 heterocycles. The molecule has 13 heteroatoms. The monoisotopic (exact) mass is 413 g/mol. The highest BCUT2D eigenvalue weighted by atomic mass is 32.2. The summed E-state index contributed by atoms with van der Waals surface area (Å²) in [5.41, 5.74) is 0. The van der Waals surface area contributed by atoms with E-state index in [2.05, 4.69) is 0 Å². The van der Waals surface area contributed by atoms with Crippen molar-refractivity contribution < 1.29 is 43.9 Å². The molecule has 0 radical (unpaired) electrons. The number of benzene rings is 2. The molecule has 0 saturated carbocycles. The predicted octanol–water partition coefficient (Wildman–Crippen LogP) is 5.38. The summed E-state index contributed by atoms with van der Waals surface area (Å²) >= 11 is -0.634. The first kappa shape index (κ1) is 19.7. The first-order chi connectivity index (χ1) is 11.6. The van der Waals surface area contributed by atoms with Crippen LogP contribution < -0.4 is 4.13 Å². The van der Waals surface area contributed by atoms with Crippen LogP contribution in [0.15, 0.2) is 9.79 Å². The molecule has 136 valence electrons. The molecule has 1 N–H and O–H groups in total. The maximum absolute atomic E-state index is 13.4. The molecule has 0 aliphatic heterocycles. The normalized spacial score (nSPS) is 11.3. The lowest BCUT2D eigenvalue weighted by atomic mass is 10.3. The minimum absolute atomic E-state index is 0.317. The lowest BCUT2D eigenvalue weighted by molar-refractivity contribution is 0.360. The predicted molar refractivity (Wildman–Crippen MR) is 67.3 cm³/mol. The highest BCUT2D eigenvalue weighted by Crippen LogP contribution is 2.34. The van der Waals surface area contributed by atoms with Crippen molar-refractivity contribution in [1.82, 2.24) is 4.13 Å². The van der Waals surface area contributed by atoms with Gasteiger partial charge in [0.1, 0.15) is 9.79 Å². The van der Waals surface area contributed by atoms with E-state index in [-0.39, 0.29) is 23.9 Å². The number of rotatable bonds is 4. The molecule has 1 nitrogen and oxygen atoms in total. The molecular formula is C12HF10NS2. The summed E-state index contributed by atoms with van der Waals surface area (Å²) in [5.74, 6) is -22.9. The van der Waals surface area contributed by atoms with E-state index < -0.39 is 68.0 Å². The van der Waals surface area contributed by atoms with Crippen molar-refractivity contribution in [1.29, 1.82) is 0 Å². The van der Waals surface area contributed by atoms with Crippen molar-refractivity contribution in [3.8, 4) is 0 Å². The topological polar surface area (TPSA) is 12.0 Å². The molecule has 25 heavy (non-hydrogen) atoms. The fraction of sp³-hybridized carbons (Fsp3) is 0. The van der Waals surface area contributed by atoms with Crippen LogP contribution in [0.5, 0.6) is 0 Å². The third-order valence-electron chi connectivity index (χ3n) is 2.63. The maximum Gasteiger partial charge on any atom is 0.200 e. The summed E-state index contributed by atoms with van der Waals surface area (Å²) in [6, 6.07) is 0. The van der Waals surface area contributed by atoms with Crippen LogP contribution in [0.4, 0.5) is 43.9 Å². The first-order valence-corrected chi connectivity index (χ1v) is 7.34. The number of hydrogen-bond donors (Lipinski definition) is 1. The highest BCUT2D eigenvalue weighted by Gasteiger charge is 2.28. The Kier molecular flexibility index (Phi) is 5.79. The van der Waals surface area contributed by atoms with Gasteiger partial charge in [0.25, 0.3) is 0 Å². The van der Waals surface area contributed by atoms with Crippen molar-refractivity contribution in [2.75, 3.05) is 0 Å². The lowest BCUT2D eigenvalue weighted by Crippen LogP contribution is -2.07. The van der Waals surface area contributed by atoms with Crippen molar-refractivity contribution in [3.05, 3.63) is 58.2 Å². The average molecular weight is 413 g/mol. The van der Waals surface area contributed by atoms with E-state index in [4.69, 9.17) is 0 Å². The van der Waals surface area contributed by atoms with E-state index in [1.165, 1.54) is 0 Å². The van der Waals surface area contributed by atoms with Gasteiger partial charge in [-0.05, 0) is 23.9 Å². The van der Waals surface area contributed by atoms with Crippen molar-refractivity contribution in [3.63, 3.8) is 0 Å². The number of nitrogens with one attached hydrogen (secondary N) is 1. The van der Waals surface area contributed by atoms with Gasteiger partial charge in [0.05, 0.1) is 0 Å². The van der Waals surface area contributed by atoms with E-state index in [1.54, 1.807) is 4.13 Å². The Labute approximate surface area is 140 Å². The summed E-state index contributed by atoms with van der Waals surface area (Å²) in [6.07, 6.45) is 0. The molecular weight excluding hydrogens is 412 g/mol. The van der Waals surface area contributed by atoms with Crippen molar-refractivity contribution in [2.24, 2.45) is 0 Å². The molecule has 0 saturated heterocycles. The molecule has 0 atom stereocenters. The van der Waals surface area contributed by atoms with Gasteiger partial charge in [-0.1, -0.05) is 0 Å². The molecule has 2 aromatic carbocycles. The maximum atomic E-state index is 13.4. The number of hydrogen-bond acceptors (Lipinski definition) is 3. The van der Waals surface area contributed by atoms with Crippen LogP contribution in [-0.4, -0.2) is 0 Å². The molecule has 0 fully saturated rings. The summed E-state index contributed by atoms with van der Waals surface area (Å²) in [5, 5.41) is 0. The molecule has 0 aliphatic carbocycles. The van der Waals surface area contributed by atoms with E-state index in [1.807, 2.05) is 0 Å². The molecule has 0 amide bonds. The Morgan fingerprint density at radius 2 is 0.560 bits per heavy atom. The Bertz CT molecular complexity index is 729. The zero-order valence-electron chi connectivity index (χ0n) is 11.1. The average Bonchev–Trinajstić information content (AvgIpc) is 2.60. The van der Waals surface area contributed by atoms with E-state index >= 15 is 0 Å². The molecule has 0 bridgehead atoms. The molecule has 2 aromatic rings. The second-order valence-corrected chi connectivity index (χ2v) is 5.98. The fourth-order valence-corrected chi connectivity index (χ4v) is 3.00. The summed E-state index contributed by atoms with van der Waals surface area (Å²) < 4.78 is 133. The van der Waals surface area contributed by atoms with Crippen LogP contribution in [0, 0.1) is 58.2 Å². The van der Waals surface area contributed by atoms with Crippen LogP contribution in [0.25, 0.3) is 0 Å². The summed E-state index contributed by atoms with van der Waals surface area (Å²) in [7, 11) is 0. The SMILES string of the molecule is Fc1c(F)c(F)c(SNSc2c(F)c(F)c(F)c(F)c2F)c(F)c1F. The van der Waals surface area contributed by atoms with Gasteiger partial charge in [-0.25, -0.2) is 43.9 Å². The van der Waals surface area contributed by atoms with E-state index in [0.717, 1.165) is 0 Å². The Balaban J connectivity index is 2.29. The summed E-state index contributed by atoms with van der Waals surface area (Å²) in [4.78, 5) is -2.93. The van der Waals surface area contributed by atoms with Crippen LogP contribution >= 0.6 is 23.9 Å². The van der Waals surface area contributed by atoms with E-state index in [0.29, 0.717) is 0 Å². The molecule has 2 rings (SSSR count). The largest absolute Gasteiger partial charge is 0.202 e. The first-order valence-electron chi connectivity index (χ1n) is 5.71. The van der Waals surface area contributed by atoms with Gasteiger partial charge < -0.3 is 0 Å². The minimum atomic E-state index is -2.42. The molecule has 0 aliphatic rings. The quantitative estimate of drug-likeness (QED) is 0.313. The van der Waals surface area contributed by atoms with Gasteiger partial charge in [0.2, 0.25) is 11.6 Å². The van der Waals surface area contributed by atoms with Gasteiger partial charge >= 0.3 is 0 Å². The van der Waals surface area contributed by atoms with Crippen LogP contribution in [0.2, 0.25) is 0 Å². The van der Waals surface area contributed by atoms with E-state index in [9.17, 15) is 43.9 Å². The second kappa shape index (κ2) is 7.33. The third kappa shape index (κ3) is 3.40. The Morgan fingerprint density at radius 3 is 0.800 bits per heavy atom. The van der Waals surface area contributed by atoms with Crippen molar-refractivity contribution >= 4 is 23.9 Å². The molecule has 0 aromatic heterocycles. The highest BCUT2D eigenvalue weighted by molar-refractivity contribution is 8.12. The Hall–Kier alpha value is -1.60. The smallest absolute Gasteiger partial charge is 0.200 e. The zero-order chi connectivity index (χ0) is 19.0. The van der Waals surface area contributed by atoms with Crippen molar-refractivity contribution in [2.45, 2.75) is 9.79 Å². The Morgan fingerprint density at radius 1 is 0.360 bits per heavy atom. The number of halogens is 10. The second-order valence-electron chi connectivity index (χ2n) is 4.09. The van der Waals surface area contributed by atoms with Gasteiger partial charge in [0, 0.05) is 0 Å². The van der Waals surface area contributed by atoms with Crippen LogP contribution in [0.3, 0.4) is 0 Å². The molecule has 0 spiro atoms. The van der Waals surface area contributed by atoms with Gasteiger partial charge in [-0.2, -0.15) is 4.13 Å². The lowest BCUT2D eigenvalue weighted by Gasteiger charge is -2.10. The minimum Gasteiger partial charge on any atom is -0.202 e. The fourth-order valence-electron chi connectivity index (χ4n) is 1.45. The van der Waals surface area contributed by atoms with Crippen LogP contribution in [-0.2, 0) is 0 Å². The third-order valence-corrected chi connectivity index (χ3v) is 4.42. The van der Waals surface area contributed by atoms with Gasteiger partial charge in [-0.15, -0.1) is 0 Å². The van der Waals surface area contributed by atoms with Gasteiger partial charge in [-0.3, -0.25) is 0 Å².